The van der Waals surface area contributed by atoms with Gasteiger partial charge in [0.2, 0.25) is 6.79 Å². The van der Waals surface area contributed by atoms with Crippen LogP contribution >= 0.6 is 0 Å². The van der Waals surface area contributed by atoms with Crippen LogP contribution in [0, 0.1) is 0 Å². The molecule has 1 aromatic heterocycles. The molecule has 3 rings (SSSR count). The predicted octanol–water partition coefficient (Wildman–Crippen LogP) is 2.24. The lowest BCUT2D eigenvalue weighted by Gasteiger charge is -2.08. The van der Waals surface area contributed by atoms with E-state index in [-0.39, 0.29) is 12.6 Å². The summed E-state index contributed by atoms with van der Waals surface area (Å²) in [6.45, 7) is 0.0502. The highest BCUT2D eigenvalue weighted by Crippen LogP contribution is 2.42. The fourth-order valence-corrected chi connectivity index (χ4v) is 2.01. The first-order valence-corrected chi connectivity index (χ1v) is 5.86. The number of benzene rings is 1. The molecule has 0 atom stereocenters. The largest absolute Gasteiger partial charge is 0.496 e. The zero-order valence-electron chi connectivity index (χ0n) is 11.1. The smallest absolute Gasteiger partial charge is 0.453 e. The molecule has 9 heteroatoms. The van der Waals surface area contributed by atoms with Crippen molar-refractivity contribution in [2.75, 3.05) is 13.9 Å². The molecule has 0 radical (unpaired) electrons. The van der Waals surface area contributed by atoms with Crippen LogP contribution in [0.1, 0.15) is 5.82 Å². The third-order valence-electron chi connectivity index (χ3n) is 2.95. The quantitative estimate of drug-likeness (QED) is 0.851. The average molecular weight is 301 g/mol. The van der Waals surface area contributed by atoms with Crippen molar-refractivity contribution >= 4 is 0 Å². The molecule has 112 valence electrons. The molecular weight excluding hydrogens is 291 g/mol. The number of aryl methyl sites for hydroxylation is 1. The molecule has 1 aliphatic heterocycles. The molecule has 21 heavy (non-hydrogen) atoms. The fraction of sp³-hybridized carbons (Fsp3) is 0.333. The number of alkyl halides is 3. The van der Waals surface area contributed by atoms with Crippen molar-refractivity contribution in [1.82, 2.24) is 14.8 Å². The van der Waals surface area contributed by atoms with Crippen LogP contribution in [0.5, 0.6) is 17.2 Å². The average Bonchev–Trinajstić information content (AvgIpc) is 3.01. The van der Waals surface area contributed by atoms with Gasteiger partial charge in [-0.3, -0.25) is 0 Å². The Morgan fingerprint density at radius 2 is 1.90 bits per heavy atom. The van der Waals surface area contributed by atoms with E-state index >= 15 is 0 Å². The van der Waals surface area contributed by atoms with E-state index in [1.165, 1.54) is 20.2 Å². The maximum Gasteiger partial charge on any atom is 0.453 e. The molecule has 0 fully saturated rings. The lowest BCUT2D eigenvalue weighted by atomic mass is 10.1. The molecule has 6 nitrogen and oxygen atoms in total. The van der Waals surface area contributed by atoms with Crippen molar-refractivity contribution in [3.63, 3.8) is 0 Å². The van der Waals surface area contributed by atoms with Crippen LogP contribution in [0.15, 0.2) is 12.1 Å². The summed E-state index contributed by atoms with van der Waals surface area (Å²) in [5.74, 6) is 0.0249. The first kappa shape index (κ1) is 13.5. The molecule has 0 saturated heterocycles. The molecule has 0 bridgehead atoms. The second-order valence-electron chi connectivity index (χ2n) is 4.29. The van der Waals surface area contributed by atoms with E-state index < -0.39 is 12.0 Å². The standard InChI is InChI=1S/C12H10F3N3O3/c1-18-10(16-11(17-18)12(13,14)15)6-3-8-9(21-5-20-8)4-7(6)19-2/h3-4H,5H2,1-2H3. The van der Waals surface area contributed by atoms with Crippen molar-refractivity contribution in [3.05, 3.63) is 18.0 Å². The first-order valence-electron chi connectivity index (χ1n) is 5.86. The molecule has 2 aromatic rings. The first-order chi connectivity index (χ1) is 9.90. The van der Waals surface area contributed by atoms with Crippen LogP contribution < -0.4 is 14.2 Å². The number of halogens is 3. The normalized spacial score (nSPS) is 13.6. The van der Waals surface area contributed by atoms with E-state index in [2.05, 4.69) is 10.1 Å². The number of methoxy groups -OCH3 is 1. The minimum atomic E-state index is -4.61. The van der Waals surface area contributed by atoms with Gasteiger partial charge in [-0.15, -0.1) is 5.10 Å². The molecule has 0 unspecified atom stereocenters. The van der Waals surface area contributed by atoms with Crippen molar-refractivity contribution in [1.29, 1.82) is 0 Å². The zero-order chi connectivity index (χ0) is 15.2. The van der Waals surface area contributed by atoms with E-state index in [1.807, 2.05) is 0 Å². The van der Waals surface area contributed by atoms with Gasteiger partial charge in [0.25, 0.3) is 5.82 Å². The minimum absolute atomic E-state index is 0.0254. The Hall–Kier alpha value is -2.45. The molecule has 0 saturated carbocycles. The third kappa shape index (κ3) is 2.24. The van der Waals surface area contributed by atoms with Gasteiger partial charge in [0, 0.05) is 13.1 Å². The Morgan fingerprint density at radius 3 is 2.48 bits per heavy atom. The summed E-state index contributed by atoms with van der Waals surface area (Å²) in [5.41, 5.74) is 0.340. The fourth-order valence-electron chi connectivity index (χ4n) is 2.01. The molecule has 1 aliphatic rings. The van der Waals surface area contributed by atoms with Crippen LogP contribution in [0.4, 0.5) is 13.2 Å². The minimum Gasteiger partial charge on any atom is -0.496 e. The highest BCUT2D eigenvalue weighted by molar-refractivity contribution is 5.70. The maximum absolute atomic E-state index is 12.7. The molecule has 1 aromatic carbocycles. The van der Waals surface area contributed by atoms with Crippen LogP contribution in [0.2, 0.25) is 0 Å². The Morgan fingerprint density at radius 1 is 1.24 bits per heavy atom. The van der Waals surface area contributed by atoms with Gasteiger partial charge in [0.15, 0.2) is 17.3 Å². The van der Waals surface area contributed by atoms with Crippen LogP contribution in [-0.2, 0) is 13.2 Å². The number of fused-ring (bicyclic) bond motifs is 1. The van der Waals surface area contributed by atoms with Crippen molar-refractivity contribution in [2.45, 2.75) is 6.18 Å². The van der Waals surface area contributed by atoms with Crippen LogP contribution in [0.25, 0.3) is 11.4 Å². The monoisotopic (exact) mass is 301 g/mol. The topological polar surface area (TPSA) is 58.4 Å². The second-order valence-corrected chi connectivity index (χ2v) is 4.29. The summed E-state index contributed by atoms with van der Waals surface area (Å²) < 4.78 is 54.7. The summed E-state index contributed by atoms with van der Waals surface area (Å²) in [7, 11) is 2.78. The molecule has 0 N–H and O–H groups in total. The highest BCUT2D eigenvalue weighted by atomic mass is 19.4. The lowest BCUT2D eigenvalue weighted by molar-refractivity contribution is -0.144. The maximum atomic E-state index is 12.7. The van der Waals surface area contributed by atoms with E-state index in [0.717, 1.165) is 4.68 Å². The summed E-state index contributed by atoms with van der Waals surface area (Å²) in [4.78, 5) is 3.54. The molecule has 0 amide bonds. The van der Waals surface area contributed by atoms with Gasteiger partial charge in [0.1, 0.15) is 5.75 Å². The lowest BCUT2D eigenvalue weighted by Crippen LogP contribution is -2.08. The van der Waals surface area contributed by atoms with Gasteiger partial charge >= 0.3 is 6.18 Å². The van der Waals surface area contributed by atoms with Gasteiger partial charge in [-0.25, -0.2) is 9.67 Å². The van der Waals surface area contributed by atoms with Gasteiger partial charge < -0.3 is 14.2 Å². The number of ether oxygens (including phenoxy) is 3. The number of hydrogen-bond acceptors (Lipinski definition) is 5. The number of nitrogens with zero attached hydrogens (tertiary/aromatic N) is 3. The molecule has 0 spiro atoms. The van der Waals surface area contributed by atoms with Gasteiger partial charge in [0.05, 0.1) is 12.7 Å². The van der Waals surface area contributed by atoms with Gasteiger partial charge in [-0.2, -0.15) is 13.2 Å². The summed E-state index contributed by atoms with van der Waals surface area (Å²) >= 11 is 0. The number of aromatic nitrogens is 3. The van der Waals surface area contributed by atoms with E-state index in [0.29, 0.717) is 22.8 Å². The van der Waals surface area contributed by atoms with Crippen LogP contribution in [-0.4, -0.2) is 28.7 Å². The van der Waals surface area contributed by atoms with E-state index in [4.69, 9.17) is 14.2 Å². The van der Waals surface area contributed by atoms with Crippen molar-refractivity contribution < 1.29 is 27.4 Å². The van der Waals surface area contributed by atoms with Gasteiger partial charge in [-0.05, 0) is 6.07 Å². The van der Waals surface area contributed by atoms with Crippen LogP contribution in [0.3, 0.4) is 0 Å². The molecule has 2 heterocycles. The van der Waals surface area contributed by atoms with Crippen molar-refractivity contribution in [2.24, 2.45) is 7.05 Å². The highest BCUT2D eigenvalue weighted by Gasteiger charge is 2.37. The molecular formula is C12H10F3N3O3. The SMILES string of the molecule is COc1cc2c(cc1-c1nc(C(F)(F)F)nn1C)OCO2. The summed E-state index contributed by atoms with van der Waals surface area (Å²) in [6, 6.07) is 3.06. The zero-order valence-corrected chi connectivity index (χ0v) is 11.1. The van der Waals surface area contributed by atoms with Gasteiger partial charge in [-0.1, -0.05) is 0 Å². The third-order valence-corrected chi connectivity index (χ3v) is 2.95. The number of rotatable bonds is 2. The summed E-state index contributed by atoms with van der Waals surface area (Å²) in [6.07, 6.45) is -4.61. The molecule has 0 aliphatic carbocycles. The second kappa shape index (κ2) is 4.54. The Kier molecular flexibility index (Phi) is 2.92. The Bertz CT molecular complexity index is 697. The summed E-state index contributed by atoms with van der Waals surface area (Å²) in [5, 5.41) is 3.38. The predicted molar refractivity (Wildman–Crippen MR) is 64.1 cm³/mol. The van der Waals surface area contributed by atoms with E-state index in [9.17, 15) is 13.2 Å². The van der Waals surface area contributed by atoms with Crippen molar-refractivity contribution in [3.8, 4) is 28.6 Å². The number of hydrogen-bond donors (Lipinski definition) is 0. The van der Waals surface area contributed by atoms with E-state index in [1.54, 1.807) is 6.07 Å². The Balaban J connectivity index is 2.14. The Labute approximate surface area is 117 Å².